The number of anilines is 1. The van der Waals surface area contributed by atoms with Gasteiger partial charge in [0.25, 0.3) is 0 Å². The Balaban J connectivity index is 1.87. The molecule has 1 amide bonds. The van der Waals surface area contributed by atoms with Gasteiger partial charge in [0, 0.05) is 12.8 Å². The molecule has 0 saturated carbocycles. The van der Waals surface area contributed by atoms with Crippen molar-refractivity contribution in [1.29, 1.82) is 0 Å². The van der Waals surface area contributed by atoms with Crippen LogP contribution in [0.2, 0.25) is 5.02 Å². The first-order valence-corrected chi connectivity index (χ1v) is 7.25. The van der Waals surface area contributed by atoms with Gasteiger partial charge in [0.05, 0.1) is 11.1 Å². The van der Waals surface area contributed by atoms with E-state index in [1.54, 1.807) is 12.1 Å². The van der Waals surface area contributed by atoms with Crippen LogP contribution in [-0.2, 0) is 4.79 Å². The first kappa shape index (κ1) is 15.2. The number of aliphatic hydroxyl groups is 1. The van der Waals surface area contributed by atoms with Crippen LogP contribution >= 0.6 is 11.6 Å². The molecule has 2 heterocycles. The third-order valence-corrected chi connectivity index (χ3v) is 4.04. The van der Waals surface area contributed by atoms with Gasteiger partial charge >= 0.3 is 0 Å². The molecule has 1 fully saturated rings. The number of halogens is 1. The third-order valence-electron chi connectivity index (χ3n) is 3.81. The zero-order valence-corrected chi connectivity index (χ0v) is 12.3. The number of hydrogen-bond acceptors (Lipinski definition) is 4. The van der Waals surface area contributed by atoms with E-state index in [1.807, 2.05) is 6.92 Å². The molecule has 2 rings (SSSR count). The molecule has 5 nitrogen and oxygen atoms in total. The topological polar surface area (TPSA) is 65.5 Å². The zero-order chi connectivity index (χ0) is 14.5. The molecule has 1 aromatic rings. The van der Waals surface area contributed by atoms with Gasteiger partial charge in [-0.15, -0.1) is 0 Å². The highest BCUT2D eigenvalue weighted by atomic mass is 35.5. The van der Waals surface area contributed by atoms with E-state index in [0.29, 0.717) is 16.8 Å². The van der Waals surface area contributed by atoms with Crippen molar-refractivity contribution in [3.63, 3.8) is 0 Å². The van der Waals surface area contributed by atoms with Crippen LogP contribution in [0.3, 0.4) is 0 Å². The van der Waals surface area contributed by atoms with Crippen LogP contribution in [0.1, 0.15) is 19.8 Å². The van der Waals surface area contributed by atoms with Crippen molar-refractivity contribution in [3.8, 4) is 0 Å². The van der Waals surface area contributed by atoms with E-state index >= 15 is 0 Å². The highest BCUT2D eigenvalue weighted by Gasteiger charge is 2.26. The molecule has 2 N–H and O–H groups in total. The quantitative estimate of drug-likeness (QED) is 0.889. The number of hydrogen-bond donors (Lipinski definition) is 2. The van der Waals surface area contributed by atoms with Gasteiger partial charge in [-0.25, -0.2) is 4.98 Å². The molecule has 1 unspecified atom stereocenters. The maximum Gasteiger partial charge on any atom is 0.242 e. The Labute approximate surface area is 123 Å². The molecule has 1 saturated heterocycles. The highest BCUT2D eigenvalue weighted by Crippen LogP contribution is 2.19. The highest BCUT2D eigenvalue weighted by molar-refractivity contribution is 6.30. The van der Waals surface area contributed by atoms with E-state index in [1.165, 1.54) is 6.20 Å². The summed E-state index contributed by atoms with van der Waals surface area (Å²) in [6, 6.07) is 3.18. The molecule has 0 aliphatic carbocycles. The van der Waals surface area contributed by atoms with E-state index in [2.05, 4.69) is 15.2 Å². The average Bonchev–Trinajstić information content (AvgIpc) is 2.49. The molecule has 1 aliphatic rings. The second-order valence-electron chi connectivity index (χ2n) is 5.19. The summed E-state index contributed by atoms with van der Waals surface area (Å²) in [5.41, 5.74) is 0. The number of likely N-dealkylation sites (tertiary alicyclic amines) is 1. The summed E-state index contributed by atoms with van der Waals surface area (Å²) in [6.45, 7) is 3.81. The van der Waals surface area contributed by atoms with Gasteiger partial charge in [-0.2, -0.15) is 0 Å². The van der Waals surface area contributed by atoms with Crippen molar-refractivity contribution in [1.82, 2.24) is 9.88 Å². The Hall–Kier alpha value is -1.17. The van der Waals surface area contributed by atoms with Crippen LogP contribution in [0.15, 0.2) is 18.3 Å². The maximum absolute atomic E-state index is 12.2. The number of nitrogens with one attached hydrogen (secondary N) is 1. The number of nitrogens with zero attached hydrogens (tertiary/aromatic N) is 2. The first-order valence-electron chi connectivity index (χ1n) is 6.87. The summed E-state index contributed by atoms with van der Waals surface area (Å²) in [5, 5.41) is 12.5. The Morgan fingerprint density at radius 1 is 1.55 bits per heavy atom. The fourth-order valence-electron chi connectivity index (χ4n) is 2.37. The maximum atomic E-state index is 12.2. The Morgan fingerprint density at radius 2 is 2.25 bits per heavy atom. The van der Waals surface area contributed by atoms with Gasteiger partial charge in [0.2, 0.25) is 5.91 Å². The molecule has 1 atom stereocenters. The fourth-order valence-corrected chi connectivity index (χ4v) is 2.48. The number of rotatable bonds is 4. The smallest absolute Gasteiger partial charge is 0.242 e. The number of amides is 1. The standard InChI is InChI=1S/C14H20ClN3O2/c1-10(18-6-4-11(9-19)5-7-18)14(20)17-13-3-2-12(15)8-16-13/h2-3,8,10-11,19H,4-7,9H2,1H3,(H,16,17,20). The predicted octanol–water partition coefficient (Wildman–Crippen LogP) is 1.77. The van der Waals surface area contributed by atoms with Crippen LogP contribution in [0, 0.1) is 5.92 Å². The lowest BCUT2D eigenvalue weighted by molar-refractivity contribution is -0.121. The van der Waals surface area contributed by atoms with Crippen LogP contribution in [-0.4, -0.2) is 46.6 Å². The molecule has 1 aromatic heterocycles. The molecule has 1 aliphatic heterocycles. The number of carbonyl (C=O) groups is 1. The van der Waals surface area contributed by atoms with Crippen LogP contribution in [0.25, 0.3) is 0 Å². The minimum Gasteiger partial charge on any atom is -0.396 e. The van der Waals surface area contributed by atoms with E-state index in [0.717, 1.165) is 25.9 Å². The predicted molar refractivity (Wildman–Crippen MR) is 78.7 cm³/mol. The summed E-state index contributed by atoms with van der Waals surface area (Å²) in [6.07, 6.45) is 3.38. The molecule has 0 aromatic carbocycles. The van der Waals surface area contributed by atoms with E-state index < -0.39 is 0 Å². The van der Waals surface area contributed by atoms with Gasteiger partial charge in [0.15, 0.2) is 0 Å². The average molecular weight is 298 g/mol. The summed E-state index contributed by atoms with van der Waals surface area (Å²) < 4.78 is 0. The lowest BCUT2D eigenvalue weighted by atomic mass is 9.97. The van der Waals surface area contributed by atoms with Gasteiger partial charge in [-0.3, -0.25) is 9.69 Å². The van der Waals surface area contributed by atoms with Gasteiger partial charge in [-0.1, -0.05) is 11.6 Å². The first-order chi connectivity index (χ1) is 9.60. The van der Waals surface area contributed by atoms with E-state index in [9.17, 15) is 4.79 Å². The van der Waals surface area contributed by atoms with Crippen LogP contribution in [0.5, 0.6) is 0 Å². The lowest BCUT2D eigenvalue weighted by Crippen LogP contribution is -2.46. The minimum atomic E-state index is -0.202. The number of pyridine rings is 1. The SMILES string of the molecule is CC(C(=O)Nc1ccc(Cl)cn1)N1CCC(CO)CC1. The van der Waals surface area contributed by atoms with Crippen LogP contribution < -0.4 is 5.32 Å². The molecule has 0 bridgehead atoms. The normalized spacial score (nSPS) is 18.8. The summed E-state index contributed by atoms with van der Waals surface area (Å²) in [5.74, 6) is 0.818. The van der Waals surface area contributed by atoms with Gasteiger partial charge in [0.1, 0.15) is 5.82 Å². The van der Waals surface area contributed by atoms with E-state index in [-0.39, 0.29) is 18.6 Å². The zero-order valence-electron chi connectivity index (χ0n) is 11.6. The monoisotopic (exact) mass is 297 g/mol. The molecule has 20 heavy (non-hydrogen) atoms. The van der Waals surface area contributed by atoms with E-state index in [4.69, 9.17) is 16.7 Å². The largest absolute Gasteiger partial charge is 0.396 e. The molecular formula is C14H20ClN3O2. The van der Waals surface area contributed by atoms with Crippen molar-refractivity contribution in [2.45, 2.75) is 25.8 Å². The van der Waals surface area contributed by atoms with Crippen molar-refractivity contribution >= 4 is 23.3 Å². The van der Waals surface area contributed by atoms with Crippen molar-refractivity contribution < 1.29 is 9.90 Å². The minimum absolute atomic E-state index is 0.0673. The number of piperidine rings is 1. The van der Waals surface area contributed by atoms with Crippen LogP contribution in [0.4, 0.5) is 5.82 Å². The van der Waals surface area contributed by atoms with Crippen molar-refractivity contribution in [2.24, 2.45) is 5.92 Å². The molecule has 110 valence electrons. The molecule has 0 radical (unpaired) electrons. The van der Waals surface area contributed by atoms with Crippen molar-refractivity contribution in [2.75, 3.05) is 25.0 Å². The summed E-state index contributed by atoms with van der Waals surface area (Å²) >= 11 is 5.76. The Bertz CT molecular complexity index is 444. The number of carbonyl (C=O) groups excluding carboxylic acids is 1. The number of aliphatic hydroxyl groups excluding tert-OH is 1. The lowest BCUT2D eigenvalue weighted by Gasteiger charge is -2.34. The second-order valence-corrected chi connectivity index (χ2v) is 5.63. The Morgan fingerprint density at radius 3 is 2.80 bits per heavy atom. The number of aromatic nitrogens is 1. The second kappa shape index (κ2) is 7.02. The summed E-state index contributed by atoms with van der Waals surface area (Å²) in [4.78, 5) is 18.4. The molecule has 0 spiro atoms. The summed E-state index contributed by atoms with van der Waals surface area (Å²) in [7, 11) is 0. The molecular weight excluding hydrogens is 278 g/mol. The fraction of sp³-hybridized carbons (Fsp3) is 0.571. The van der Waals surface area contributed by atoms with Gasteiger partial charge in [-0.05, 0) is 50.9 Å². The van der Waals surface area contributed by atoms with Crippen molar-refractivity contribution in [3.05, 3.63) is 23.4 Å². The third kappa shape index (κ3) is 3.91. The Kier molecular flexibility index (Phi) is 5.34. The van der Waals surface area contributed by atoms with Gasteiger partial charge < -0.3 is 10.4 Å². The molecule has 6 heteroatoms.